The number of halogens is 1. The van der Waals surface area contributed by atoms with Gasteiger partial charge in [0.2, 0.25) is 0 Å². The molecule has 1 aromatic heterocycles. The third-order valence-electron chi connectivity index (χ3n) is 4.38. The van der Waals surface area contributed by atoms with Crippen molar-refractivity contribution >= 4 is 11.6 Å². The minimum absolute atomic E-state index is 0.143. The highest BCUT2D eigenvalue weighted by Crippen LogP contribution is 2.44. The quantitative estimate of drug-likeness (QED) is 0.874. The number of nitrogens with two attached hydrogens (primary N) is 1. The molecule has 94 valence electrons. The molecule has 2 N–H and O–H groups in total. The molecule has 1 unspecified atom stereocenters. The molecule has 2 nitrogen and oxygen atoms in total. The molecule has 1 fully saturated rings. The SMILES string of the molecule is CC1(C)CCCCC1(N)Cc1ccncc1Cl. The molecular formula is C14H21ClN2. The number of hydrogen-bond donors (Lipinski definition) is 1. The summed E-state index contributed by atoms with van der Waals surface area (Å²) in [7, 11) is 0. The molecule has 0 saturated heterocycles. The fraction of sp³-hybridized carbons (Fsp3) is 0.643. The van der Waals surface area contributed by atoms with Crippen molar-refractivity contribution in [2.24, 2.45) is 11.1 Å². The summed E-state index contributed by atoms with van der Waals surface area (Å²) >= 11 is 6.18. The van der Waals surface area contributed by atoms with Crippen LogP contribution in [-0.2, 0) is 6.42 Å². The molecule has 0 bridgehead atoms. The molecule has 1 aliphatic rings. The van der Waals surface area contributed by atoms with E-state index >= 15 is 0 Å². The van der Waals surface area contributed by atoms with Gasteiger partial charge in [-0.1, -0.05) is 38.3 Å². The average molecular weight is 253 g/mol. The van der Waals surface area contributed by atoms with E-state index in [-0.39, 0.29) is 11.0 Å². The van der Waals surface area contributed by atoms with Gasteiger partial charge >= 0.3 is 0 Å². The second-order valence-electron chi connectivity index (χ2n) is 5.89. The molecule has 0 aromatic carbocycles. The Labute approximate surface area is 109 Å². The van der Waals surface area contributed by atoms with Crippen LogP contribution in [0.5, 0.6) is 0 Å². The van der Waals surface area contributed by atoms with Gasteiger partial charge in [-0.25, -0.2) is 0 Å². The van der Waals surface area contributed by atoms with E-state index < -0.39 is 0 Å². The van der Waals surface area contributed by atoms with Crippen molar-refractivity contribution in [1.82, 2.24) is 4.98 Å². The predicted octanol–water partition coefficient (Wildman–Crippen LogP) is 3.58. The average Bonchev–Trinajstić information content (AvgIpc) is 2.26. The van der Waals surface area contributed by atoms with E-state index in [0.29, 0.717) is 0 Å². The molecule has 1 aliphatic carbocycles. The zero-order chi connectivity index (χ0) is 12.5. The topological polar surface area (TPSA) is 38.9 Å². The first kappa shape index (κ1) is 12.8. The maximum absolute atomic E-state index is 6.66. The van der Waals surface area contributed by atoms with Crippen molar-refractivity contribution in [2.45, 2.75) is 51.5 Å². The fourth-order valence-corrected chi connectivity index (χ4v) is 3.00. The Morgan fingerprint density at radius 2 is 2.06 bits per heavy atom. The first-order chi connectivity index (χ1) is 7.95. The third kappa shape index (κ3) is 2.48. The zero-order valence-corrected chi connectivity index (χ0v) is 11.4. The second kappa shape index (κ2) is 4.58. The summed E-state index contributed by atoms with van der Waals surface area (Å²) in [4.78, 5) is 4.02. The van der Waals surface area contributed by atoms with Gasteiger partial charge in [-0.3, -0.25) is 4.98 Å². The minimum Gasteiger partial charge on any atom is -0.324 e. The van der Waals surface area contributed by atoms with Crippen LogP contribution in [0.2, 0.25) is 5.02 Å². The van der Waals surface area contributed by atoms with Crippen LogP contribution in [-0.4, -0.2) is 10.5 Å². The number of hydrogen-bond acceptors (Lipinski definition) is 2. The van der Waals surface area contributed by atoms with Crippen LogP contribution >= 0.6 is 11.6 Å². The molecule has 1 aromatic rings. The van der Waals surface area contributed by atoms with Crippen LogP contribution in [0.1, 0.15) is 45.1 Å². The monoisotopic (exact) mass is 252 g/mol. The maximum atomic E-state index is 6.66. The van der Waals surface area contributed by atoms with Gasteiger partial charge in [0.05, 0.1) is 5.02 Å². The fourth-order valence-electron chi connectivity index (χ4n) is 2.81. The molecule has 1 atom stereocenters. The summed E-state index contributed by atoms with van der Waals surface area (Å²) in [5.74, 6) is 0. The Bertz CT molecular complexity index is 403. The van der Waals surface area contributed by atoms with Crippen molar-refractivity contribution in [3.8, 4) is 0 Å². The second-order valence-corrected chi connectivity index (χ2v) is 6.30. The normalized spacial score (nSPS) is 28.0. The Hall–Kier alpha value is -0.600. The largest absolute Gasteiger partial charge is 0.324 e. The van der Waals surface area contributed by atoms with Gasteiger partial charge in [0.15, 0.2) is 0 Å². The molecule has 0 spiro atoms. The molecule has 3 heteroatoms. The van der Waals surface area contributed by atoms with Crippen LogP contribution in [0, 0.1) is 5.41 Å². The summed E-state index contributed by atoms with van der Waals surface area (Å²) in [5, 5.41) is 0.735. The number of aromatic nitrogens is 1. The van der Waals surface area contributed by atoms with E-state index in [4.69, 9.17) is 17.3 Å². The lowest BCUT2D eigenvalue weighted by Gasteiger charge is -2.48. The zero-order valence-electron chi connectivity index (χ0n) is 10.7. The van der Waals surface area contributed by atoms with Crippen LogP contribution in [0.25, 0.3) is 0 Å². The van der Waals surface area contributed by atoms with E-state index in [1.54, 1.807) is 12.4 Å². The summed E-state index contributed by atoms with van der Waals surface area (Å²) in [6, 6.07) is 1.99. The van der Waals surface area contributed by atoms with Gasteiger partial charge in [0, 0.05) is 17.9 Å². The molecule has 0 aliphatic heterocycles. The van der Waals surface area contributed by atoms with E-state index in [2.05, 4.69) is 18.8 Å². The molecule has 1 saturated carbocycles. The first-order valence-electron chi connectivity index (χ1n) is 6.32. The molecular weight excluding hydrogens is 232 g/mol. The lowest BCUT2D eigenvalue weighted by atomic mass is 9.61. The molecule has 17 heavy (non-hydrogen) atoms. The van der Waals surface area contributed by atoms with Crippen molar-refractivity contribution in [3.05, 3.63) is 29.0 Å². The number of pyridine rings is 1. The van der Waals surface area contributed by atoms with E-state index in [9.17, 15) is 0 Å². The highest BCUT2D eigenvalue weighted by atomic mass is 35.5. The summed E-state index contributed by atoms with van der Waals surface area (Å²) in [5.41, 5.74) is 7.82. The van der Waals surface area contributed by atoms with Crippen LogP contribution in [0.15, 0.2) is 18.5 Å². The van der Waals surface area contributed by atoms with Gasteiger partial charge in [-0.15, -0.1) is 0 Å². The Balaban J connectivity index is 2.24. The Morgan fingerprint density at radius 1 is 1.35 bits per heavy atom. The molecule has 0 radical (unpaired) electrons. The number of rotatable bonds is 2. The van der Waals surface area contributed by atoms with Gasteiger partial charge < -0.3 is 5.73 Å². The predicted molar refractivity (Wildman–Crippen MR) is 72.1 cm³/mol. The van der Waals surface area contributed by atoms with E-state index in [1.165, 1.54) is 19.3 Å². The lowest BCUT2D eigenvalue weighted by molar-refractivity contribution is 0.0990. The molecule has 0 amide bonds. The van der Waals surface area contributed by atoms with Gasteiger partial charge in [0.25, 0.3) is 0 Å². The molecule has 1 heterocycles. The maximum Gasteiger partial charge on any atom is 0.0621 e. The van der Waals surface area contributed by atoms with Crippen molar-refractivity contribution in [2.75, 3.05) is 0 Å². The Kier molecular flexibility index (Phi) is 3.46. The van der Waals surface area contributed by atoms with Crippen molar-refractivity contribution in [3.63, 3.8) is 0 Å². The van der Waals surface area contributed by atoms with Gasteiger partial charge in [-0.05, 0) is 36.3 Å². The van der Waals surface area contributed by atoms with Gasteiger partial charge in [0.1, 0.15) is 0 Å². The summed E-state index contributed by atoms with van der Waals surface area (Å²) in [6.45, 7) is 4.56. The Morgan fingerprint density at radius 3 is 2.71 bits per heavy atom. The number of nitrogens with zero attached hydrogens (tertiary/aromatic N) is 1. The summed E-state index contributed by atoms with van der Waals surface area (Å²) < 4.78 is 0. The summed E-state index contributed by atoms with van der Waals surface area (Å²) in [6.07, 6.45) is 9.14. The van der Waals surface area contributed by atoms with Crippen molar-refractivity contribution < 1.29 is 0 Å². The molecule has 2 rings (SSSR count). The van der Waals surface area contributed by atoms with Crippen LogP contribution < -0.4 is 5.73 Å². The standard InChI is InChI=1S/C14H21ClN2/c1-13(2)6-3-4-7-14(13,16)9-11-5-8-17-10-12(11)15/h5,8,10H,3-4,6-7,9,16H2,1-2H3. The highest BCUT2D eigenvalue weighted by Gasteiger charge is 2.43. The minimum atomic E-state index is -0.143. The van der Waals surface area contributed by atoms with E-state index in [1.807, 2.05) is 6.07 Å². The smallest absolute Gasteiger partial charge is 0.0621 e. The van der Waals surface area contributed by atoms with E-state index in [0.717, 1.165) is 23.4 Å². The lowest BCUT2D eigenvalue weighted by Crippen LogP contribution is -2.56. The van der Waals surface area contributed by atoms with Crippen LogP contribution in [0.4, 0.5) is 0 Å². The first-order valence-corrected chi connectivity index (χ1v) is 6.70. The van der Waals surface area contributed by atoms with Crippen molar-refractivity contribution in [1.29, 1.82) is 0 Å². The van der Waals surface area contributed by atoms with Crippen LogP contribution in [0.3, 0.4) is 0 Å². The third-order valence-corrected chi connectivity index (χ3v) is 4.73. The van der Waals surface area contributed by atoms with Gasteiger partial charge in [-0.2, -0.15) is 0 Å². The highest BCUT2D eigenvalue weighted by molar-refractivity contribution is 6.31.